The first-order valence-electron chi connectivity index (χ1n) is 12.7. The number of alkyl halides is 1. The smallest absolute Gasteiger partial charge is 0.233 e. The lowest BCUT2D eigenvalue weighted by atomic mass is 9.90. The molecule has 1 atom stereocenters. The number of anilines is 1. The van der Waals surface area contributed by atoms with Crippen molar-refractivity contribution in [3.05, 3.63) is 42.6 Å². The standard InChI is InChI=1S/C27H33FN6O3/c1-35-18-37-25-14-19(20-15-27(36-2)32-29-16-20)6-7-23(25)24-8-9-26(31-30-24)33-12-10-22(17-33)34(13-11-28)21-4-3-5-21/h6-9,14-16,21-22H,3-5,10-13,17-18H2,1-2H3/t22-/m1/s1. The molecule has 0 radical (unpaired) electrons. The third-order valence-electron chi connectivity index (χ3n) is 7.26. The normalized spacial score (nSPS) is 17.7. The van der Waals surface area contributed by atoms with Gasteiger partial charge in [-0.3, -0.25) is 4.90 Å². The average Bonchev–Trinajstić information content (AvgIpc) is 3.41. The number of hydrogen-bond acceptors (Lipinski definition) is 9. The van der Waals surface area contributed by atoms with Crippen molar-refractivity contribution in [2.75, 3.05) is 52.2 Å². The van der Waals surface area contributed by atoms with Gasteiger partial charge < -0.3 is 19.1 Å². The maximum atomic E-state index is 13.2. The van der Waals surface area contributed by atoms with Crippen LogP contribution in [0.1, 0.15) is 25.7 Å². The Morgan fingerprint density at radius 2 is 1.89 bits per heavy atom. The Kier molecular flexibility index (Phi) is 8.05. The van der Waals surface area contributed by atoms with E-state index in [2.05, 4.69) is 30.2 Å². The van der Waals surface area contributed by atoms with Gasteiger partial charge >= 0.3 is 0 Å². The first-order valence-corrected chi connectivity index (χ1v) is 12.7. The third-order valence-corrected chi connectivity index (χ3v) is 7.26. The second-order valence-electron chi connectivity index (χ2n) is 9.43. The number of halogens is 1. The highest BCUT2D eigenvalue weighted by Crippen LogP contribution is 2.35. The molecule has 5 rings (SSSR count). The molecule has 1 aliphatic carbocycles. The Morgan fingerprint density at radius 3 is 2.59 bits per heavy atom. The van der Waals surface area contributed by atoms with Gasteiger partial charge in [-0.15, -0.1) is 15.3 Å². The first-order chi connectivity index (χ1) is 18.2. The van der Waals surface area contributed by atoms with Crippen LogP contribution in [0.3, 0.4) is 0 Å². The number of hydrogen-bond donors (Lipinski definition) is 0. The molecule has 3 heterocycles. The predicted molar refractivity (Wildman–Crippen MR) is 138 cm³/mol. The average molecular weight is 509 g/mol. The zero-order valence-electron chi connectivity index (χ0n) is 21.3. The number of methoxy groups -OCH3 is 2. The molecule has 3 aromatic rings. The monoisotopic (exact) mass is 508 g/mol. The summed E-state index contributed by atoms with van der Waals surface area (Å²) in [7, 11) is 3.14. The Balaban J connectivity index is 1.33. The van der Waals surface area contributed by atoms with Gasteiger partial charge in [0.2, 0.25) is 5.88 Å². The molecule has 9 nitrogen and oxygen atoms in total. The maximum absolute atomic E-state index is 13.2. The summed E-state index contributed by atoms with van der Waals surface area (Å²) in [6, 6.07) is 12.5. The van der Waals surface area contributed by atoms with E-state index in [9.17, 15) is 4.39 Å². The second-order valence-corrected chi connectivity index (χ2v) is 9.43. The van der Waals surface area contributed by atoms with Gasteiger partial charge in [-0.05, 0) is 49.1 Å². The number of rotatable bonds is 11. The predicted octanol–water partition coefficient (Wildman–Crippen LogP) is 3.99. The maximum Gasteiger partial charge on any atom is 0.233 e. The van der Waals surface area contributed by atoms with Crippen molar-refractivity contribution in [1.82, 2.24) is 25.3 Å². The molecule has 2 aliphatic rings. The molecule has 0 unspecified atom stereocenters. The highest BCUT2D eigenvalue weighted by molar-refractivity contribution is 5.74. The molecule has 0 bridgehead atoms. The molecular formula is C27H33FN6O3. The summed E-state index contributed by atoms with van der Waals surface area (Å²) in [6.07, 6.45) is 6.31. The zero-order valence-corrected chi connectivity index (χ0v) is 21.3. The number of nitrogens with zero attached hydrogens (tertiary/aromatic N) is 6. The van der Waals surface area contributed by atoms with E-state index >= 15 is 0 Å². The summed E-state index contributed by atoms with van der Waals surface area (Å²) in [5.74, 6) is 1.90. The minimum Gasteiger partial charge on any atom is -0.480 e. The van der Waals surface area contributed by atoms with Crippen LogP contribution < -0.4 is 14.4 Å². The van der Waals surface area contributed by atoms with E-state index in [0.717, 1.165) is 42.0 Å². The Bertz CT molecular complexity index is 1180. The van der Waals surface area contributed by atoms with E-state index in [4.69, 9.17) is 14.2 Å². The minimum atomic E-state index is -0.293. The Morgan fingerprint density at radius 1 is 1.00 bits per heavy atom. The molecule has 10 heteroatoms. The van der Waals surface area contributed by atoms with Gasteiger partial charge in [0.05, 0.1) is 19.0 Å². The van der Waals surface area contributed by atoms with Crippen LogP contribution in [-0.4, -0.2) is 84.7 Å². The molecular weight excluding hydrogens is 475 g/mol. The van der Waals surface area contributed by atoms with Crippen molar-refractivity contribution >= 4 is 5.82 Å². The minimum absolute atomic E-state index is 0.103. The molecule has 37 heavy (non-hydrogen) atoms. The van der Waals surface area contributed by atoms with Crippen LogP contribution in [0, 0.1) is 0 Å². The number of ether oxygens (including phenoxy) is 3. The molecule has 1 aromatic carbocycles. The summed E-state index contributed by atoms with van der Waals surface area (Å²) in [6.45, 7) is 2.08. The van der Waals surface area contributed by atoms with Crippen LogP contribution in [0.2, 0.25) is 0 Å². The molecule has 1 saturated heterocycles. The van der Waals surface area contributed by atoms with Gasteiger partial charge in [0.25, 0.3) is 0 Å². The van der Waals surface area contributed by atoms with Crippen molar-refractivity contribution < 1.29 is 18.6 Å². The van der Waals surface area contributed by atoms with E-state index < -0.39 is 0 Å². The van der Waals surface area contributed by atoms with Crippen molar-refractivity contribution in [3.63, 3.8) is 0 Å². The fourth-order valence-corrected chi connectivity index (χ4v) is 5.10. The summed E-state index contributed by atoms with van der Waals surface area (Å²) in [5, 5.41) is 17.0. The quantitative estimate of drug-likeness (QED) is 0.357. The van der Waals surface area contributed by atoms with Gasteiger partial charge in [-0.25, -0.2) is 4.39 Å². The lowest BCUT2D eigenvalue weighted by molar-refractivity contribution is 0.0515. The van der Waals surface area contributed by atoms with Crippen molar-refractivity contribution in [1.29, 1.82) is 0 Å². The second kappa shape index (κ2) is 11.8. The van der Waals surface area contributed by atoms with Crippen LogP contribution in [0.5, 0.6) is 11.6 Å². The molecule has 0 spiro atoms. The largest absolute Gasteiger partial charge is 0.480 e. The summed E-state index contributed by atoms with van der Waals surface area (Å²) in [5.41, 5.74) is 3.28. The van der Waals surface area contributed by atoms with E-state index in [1.54, 1.807) is 20.4 Å². The highest BCUT2D eigenvalue weighted by Gasteiger charge is 2.34. The lowest BCUT2D eigenvalue weighted by Gasteiger charge is -2.40. The fraction of sp³-hybridized carbons (Fsp3) is 0.481. The molecule has 196 valence electrons. The SMILES string of the molecule is COCOc1cc(-c2cnnc(OC)c2)ccc1-c1ccc(N2CC[C@@H](N(CCF)C3CCC3)C2)nn1. The molecule has 1 saturated carbocycles. The van der Waals surface area contributed by atoms with Gasteiger partial charge in [-0.2, -0.15) is 5.10 Å². The van der Waals surface area contributed by atoms with Crippen LogP contribution in [0.15, 0.2) is 42.6 Å². The summed E-state index contributed by atoms with van der Waals surface area (Å²) in [4.78, 5) is 4.63. The molecule has 1 aliphatic heterocycles. The van der Waals surface area contributed by atoms with Crippen LogP contribution in [0.25, 0.3) is 22.4 Å². The molecule has 0 amide bonds. The van der Waals surface area contributed by atoms with Crippen LogP contribution in [0.4, 0.5) is 10.2 Å². The van der Waals surface area contributed by atoms with E-state index in [-0.39, 0.29) is 13.5 Å². The Labute approximate surface area is 216 Å². The van der Waals surface area contributed by atoms with Gasteiger partial charge in [0.15, 0.2) is 12.6 Å². The molecule has 0 N–H and O–H groups in total. The van der Waals surface area contributed by atoms with E-state index in [1.165, 1.54) is 19.3 Å². The molecule has 2 fully saturated rings. The van der Waals surface area contributed by atoms with Gasteiger partial charge in [0.1, 0.15) is 12.4 Å². The van der Waals surface area contributed by atoms with Crippen molar-refractivity contribution in [2.45, 2.75) is 37.8 Å². The van der Waals surface area contributed by atoms with Crippen molar-refractivity contribution in [2.24, 2.45) is 0 Å². The van der Waals surface area contributed by atoms with Gasteiger partial charge in [0, 0.05) is 56.0 Å². The Hall–Kier alpha value is -3.37. The first kappa shape index (κ1) is 25.3. The van der Waals surface area contributed by atoms with Crippen LogP contribution in [-0.2, 0) is 4.74 Å². The van der Waals surface area contributed by atoms with Crippen molar-refractivity contribution in [3.8, 4) is 34.0 Å². The van der Waals surface area contributed by atoms with Gasteiger partial charge in [-0.1, -0.05) is 12.5 Å². The topological polar surface area (TPSA) is 85.7 Å². The lowest BCUT2D eigenvalue weighted by Crippen LogP contribution is -2.48. The fourth-order valence-electron chi connectivity index (χ4n) is 5.10. The van der Waals surface area contributed by atoms with E-state index in [0.29, 0.717) is 36.0 Å². The third kappa shape index (κ3) is 5.65. The van der Waals surface area contributed by atoms with E-state index in [1.807, 2.05) is 36.4 Å². The highest BCUT2D eigenvalue weighted by atomic mass is 19.1. The summed E-state index contributed by atoms with van der Waals surface area (Å²) < 4.78 is 29.4. The number of benzene rings is 1. The summed E-state index contributed by atoms with van der Waals surface area (Å²) >= 11 is 0. The molecule has 2 aromatic heterocycles. The number of aromatic nitrogens is 4. The van der Waals surface area contributed by atoms with Crippen LogP contribution >= 0.6 is 0 Å². The zero-order chi connectivity index (χ0) is 25.6.